The number of anilines is 2. The molecule has 0 saturated heterocycles. The van der Waals surface area contributed by atoms with Gasteiger partial charge in [0.1, 0.15) is 12.1 Å². The molecule has 21 heavy (non-hydrogen) atoms. The zero-order chi connectivity index (χ0) is 14.8. The highest BCUT2D eigenvalue weighted by Crippen LogP contribution is 2.29. The first kappa shape index (κ1) is 14.0. The standard InChI is InChI=1S/C15H16BrN5/c1-3-4-21-8-11(7-19-21)20-15-12-5-10(2)6-13(16)14(12)17-9-18-15/h5-9H,3-4H2,1-2H3,(H,17,18,20). The minimum atomic E-state index is 0.792. The number of nitrogens with one attached hydrogen (secondary N) is 1. The number of hydrogen-bond donors (Lipinski definition) is 1. The molecule has 0 aliphatic heterocycles. The number of halogens is 1. The van der Waals surface area contributed by atoms with Gasteiger partial charge in [0, 0.05) is 22.6 Å². The third-order valence-corrected chi connectivity index (χ3v) is 3.79. The van der Waals surface area contributed by atoms with Crippen LogP contribution in [0.3, 0.4) is 0 Å². The van der Waals surface area contributed by atoms with E-state index in [1.165, 1.54) is 0 Å². The molecule has 0 unspecified atom stereocenters. The van der Waals surface area contributed by atoms with Crippen molar-refractivity contribution in [1.29, 1.82) is 0 Å². The molecule has 1 N–H and O–H groups in total. The summed E-state index contributed by atoms with van der Waals surface area (Å²) >= 11 is 3.56. The second-order valence-corrected chi connectivity index (χ2v) is 5.84. The van der Waals surface area contributed by atoms with E-state index < -0.39 is 0 Å². The van der Waals surface area contributed by atoms with E-state index in [2.05, 4.69) is 62.3 Å². The Balaban J connectivity index is 1.99. The maximum atomic E-state index is 4.36. The molecule has 0 spiro atoms. The molecule has 0 radical (unpaired) electrons. The smallest absolute Gasteiger partial charge is 0.141 e. The number of aryl methyl sites for hydroxylation is 2. The molecule has 2 heterocycles. The number of aromatic nitrogens is 4. The van der Waals surface area contributed by atoms with Crippen molar-refractivity contribution in [2.45, 2.75) is 26.8 Å². The van der Waals surface area contributed by atoms with E-state index in [4.69, 9.17) is 0 Å². The van der Waals surface area contributed by atoms with Crippen LogP contribution in [0.25, 0.3) is 10.9 Å². The average molecular weight is 346 g/mol. The fourth-order valence-corrected chi connectivity index (χ4v) is 2.95. The van der Waals surface area contributed by atoms with Gasteiger partial charge >= 0.3 is 0 Å². The number of benzene rings is 1. The van der Waals surface area contributed by atoms with Gasteiger partial charge in [-0.3, -0.25) is 4.68 Å². The SMILES string of the molecule is CCCn1cc(Nc2ncnc3c(Br)cc(C)cc23)cn1. The topological polar surface area (TPSA) is 55.6 Å². The van der Waals surface area contributed by atoms with Crippen molar-refractivity contribution in [3.8, 4) is 0 Å². The van der Waals surface area contributed by atoms with Gasteiger partial charge in [-0.05, 0) is 47.0 Å². The Bertz CT molecular complexity index is 781. The van der Waals surface area contributed by atoms with Crippen molar-refractivity contribution in [3.05, 3.63) is 40.9 Å². The minimum Gasteiger partial charge on any atom is -0.337 e. The van der Waals surface area contributed by atoms with Crippen LogP contribution in [0.2, 0.25) is 0 Å². The highest BCUT2D eigenvalue weighted by molar-refractivity contribution is 9.10. The Morgan fingerprint density at radius 3 is 2.95 bits per heavy atom. The minimum absolute atomic E-state index is 0.792. The Morgan fingerprint density at radius 1 is 1.29 bits per heavy atom. The van der Waals surface area contributed by atoms with Crippen molar-refractivity contribution in [1.82, 2.24) is 19.7 Å². The lowest BCUT2D eigenvalue weighted by Gasteiger charge is -2.08. The molecule has 0 aliphatic rings. The van der Waals surface area contributed by atoms with Crippen LogP contribution in [0.1, 0.15) is 18.9 Å². The molecule has 0 bridgehead atoms. The Hall–Kier alpha value is -1.95. The van der Waals surface area contributed by atoms with Gasteiger partial charge in [0.2, 0.25) is 0 Å². The molecule has 108 valence electrons. The van der Waals surface area contributed by atoms with Gasteiger partial charge in [-0.2, -0.15) is 5.10 Å². The van der Waals surface area contributed by atoms with E-state index in [0.717, 1.165) is 45.4 Å². The summed E-state index contributed by atoms with van der Waals surface area (Å²) in [5.74, 6) is 0.792. The van der Waals surface area contributed by atoms with E-state index in [0.29, 0.717) is 0 Å². The molecular formula is C15H16BrN5. The molecule has 5 nitrogen and oxygen atoms in total. The first-order valence-corrected chi connectivity index (χ1v) is 7.67. The fraction of sp³-hybridized carbons (Fsp3) is 0.267. The Labute approximate surface area is 131 Å². The van der Waals surface area contributed by atoms with Gasteiger partial charge in [-0.15, -0.1) is 0 Å². The molecular weight excluding hydrogens is 330 g/mol. The molecule has 0 aliphatic carbocycles. The number of nitrogens with zero attached hydrogens (tertiary/aromatic N) is 4. The number of hydrogen-bond acceptors (Lipinski definition) is 4. The summed E-state index contributed by atoms with van der Waals surface area (Å²) in [5.41, 5.74) is 2.99. The van der Waals surface area contributed by atoms with Crippen LogP contribution in [-0.2, 0) is 6.54 Å². The second-order valence-electron chi connectivity index (χ2n) is 4.98. The normalized spacial score (nSPS) is 11.0. The Morgan fingerprint density at radius 2 is 2.14 bits per heavy atom. The lowest BCUT2D eigenvalue weighted by Crippen LogP contribution is -1.97. The predicted molar refractivity (Wildman–Crippen MR) is 87.8 cm³/mol. The van der Waals surface area contributed by atoms with Crippen molar-refractivity contribution >= 4 is 38.3 Å². The summed E-state index contributed by atoms with van der Waals surface area (Å²) in [5, 5.41) is 8.64. The molecule has 3 aromatic rings. The van der Waals surface area contributed by atoms with Gasteiger partial charge in [0.05, 0.1) is 17.4 Å². The van der Waals surface area contributed by atoms with E-state index in [-0.39, 0.29) is 0 Å². The van der Waals surface area contributed by atoms with E-state index in [1.54, 1.807) is 6.33 Å². The molecule has 0 fully saturated rings. The van der Waals surface area contributed by atoms with Gasteiger partial charge in [-0.25, -0.2) is 9.97 Å². The number of rotatable bonds is 4. The van der Waals surface area contributed by atoms with E-state index in [9.17, 15) is 0 Å². The summed E-state index contributed by atoms with van der Waals surface area (Å²) in [6.07, 6.45) is 6.43. The van der Waals surface area contributed by atoms with E-state index >= 15 is 0 Å². The maximum absolute atomic E-state index is 4.36. The van der Waals surface area contributed by atoms with Crippen molar-refractivity contribution < 1.29 is 0 Å². The van der Waals surface area contributed by atoms with Gasteiger partial charge in [0.15, 0.2) is 0 Å². The van der Waals surface area contributed by atoms with Crippen LogP contribution in [0.5, 0.6) is 0 Å². The van der Waals surface area contributed by atoms with Crippen LogP contribution in [0.15, 0.2) is 35.3 Å². The second kappa shape index (κ2) is 5.81. The maximum Gasteiger partial charge on any atom is 0.141 e. The lowest BCUT2D eigenvalue weighted by molar-refractivity contribution is 0.603. The van der Waals surface area contributed by atoms with Gasteiger partial charge in [0.25, 0.3) is 0 Å². The van der Waals surface area contributed by atoms with E-state index in [1.807, 2.05) is 17.1 Å². The lowest BCUT2D eigenvalue weighted by atomic mass is 10.1. The van der Waals surface area contributed by atoms with Crippen molar-refractivity contribution in [3.63, 3.8) is 0 Å². The highest BCUT2D eigenvalue weighted by Gasteiger charge is 2.08. The van der Waals surface area contributed by atoms with Crippen LogP contribution in [0.4, 0.5) is 11.5 Å². The summed E-state index contributed by atoms with van der Waals surface area (Å²) in [4.78, 5) is 8.70. The number of fused-ring (bicyclic) bond motifs is 1. The highest BCUT2D eigenvalue weighted by atomic mass is 79.9. The van der Waals surface area contributed by atoms with Gasteiger partial charge < -0.3 is 5.32 Å². The fourth-order valence-electron chi connectivity index (χ4n) is 2.28. The monoisotopic (exact) mass is 345 g/mol. The third-order valence-electron chi connectivity index (χ3n) is 3.19. The molecule has 0 atom stereocenters. The summed E-state index contributed by atoms with van der Waals surface area (Å²) in [7, 11) is 0. The first-order chi connectivity index (χ1) is 10.2. The van der Waals surface area contributed by atoms with Crippen LogP contribution >= 0.6 is 15.9 Å². The van der Waals surface area contributed by atoms with Crippen LogP contribution < -0.4 is 5.32 Å². The Kier molecular flexibility index (Phi) is 3.88. The molecule has 3 rings (SSSR count). The molecule has 0 saturated carbocycles. The zero-order valence-electron chi connectivity index (χ0n) is 12.0. The summed E-state index contributed by atoms with van der Waals surface area (Å²) in [6, 6.07) is 4.14. The summed E-state index contributed by atoms with van der Waals surface area (Å²) < 4.78 is 2.90. The third kappa shape index (κ3) is 2.90. The van der Waals surface area contributed by atoms with Crippen molar-refractivity contribution in [2.75, 3.05) is 5.32 Å². The zero-order valence-corrected chi connectivity index (χ0v) is 13.6. The first-order valence-electron chi connectivity index (χ1n) is 6.87. The molecule has 0 amide bonds. The predicted octanol–water partition coefficient (Wildman–Crippen LogP) is 4.05. The summed E-state index contributed by atoms with van der Waals surface area (Å²) in [6.45, 7) is 5.10. The largest absolute Gasteiger partial charge is 0.337 e. The van der Waals surface area contributed by atoms with Crippen molar-refractivity contribution in [2.24, 2.45) is 0 Å². The van der Waals surface area contributed by atoms with Gasteiger partial charge in [-0.1, -0.05) is 6.92 Å². The average Bonchev–Trinajstić information content (AvgIpc) is 2.87. The molecule has 2 aromatic heterocycles. The molecule has 1 aromatic carbocycles. The van der Waals surface area contributed by atoms with Crippen LogP contribution in [-0.4, -0.2) is 19.7 Å². The molecule has 6 heteroatoms. The quantitative estimate of drug-likeness (QED) is 0.774. The van der Waals surface area contributed by atoms with Crippen LogP contribution in [0, 0.1) is 6.92 Å².